The van der Waals surface area contributed by atoms with Gasteiger partial charge in [0.25, 0.3) is 0 Å². The molecule has 2 heteroatoms. The van der Waals surface area contributed by atoms with Crippen molar-refractivity contribution in [3.8, 4) is 0 Å². The van der Waals surface area contributed by atoms with Crippen molar-refractivity contribution in [3.63, 3.8) is 0 Å². The van der Waals surface area contributed by atoms with Crippen LogP contribution in [0.2, 0.25) is 0 Å². The van der Waals surface area contributed by atoms with E-state index in [-0.39, 0.29) is 0 Å². The number of nitrogens with two attached hydrogens (primary N) is 2. The van der Waals surface area contributed by atoms with Gasteiger partial charge in [0.05, 0.1) is 0 Å². The van der Waals surface area contributed by atoms with Gasteiger partial charge in [0.1, 0.15) is 0 Å². The minimum atomic E-state index is 0.740. The Labute approximate surface area is 122 Å². The Morgan fingerprint density at radius 2 is 1.05 bits per heavy atom. The maximum absolute atomic E-state index is 5.39. The third kappa shape index (κ3) is 7.72. The molecule has 0 aliphatic rings. The van der Waals surface area contributed by atoms with E-state index >= 15 is 0 Å². The first-order chi connectivity index (χ1) is 9.86. The van der Waals surface area contributed by atoms with Crippen LogP contribution in [0.1, 0.15) is 24.0 Å². The van der Waals surface area contributed by atoms with Gasteiger partial charge in [-0.05, 0) is 49.9 Å². The molecule has 0 radical (unpaired) electrons. The lowest BCUT2D eigenvalue weighted by Crippen LogP contribution is -2.01. The van der Waals surface area contributed by atoms with Crippen molar-refractivity contribution in [2.24, 2.45) is 11.5 Å². The van der Waals surface area contributed by atoms with Crippen LogP contribution in [0.3, 0.4) is 0 Å². The molecule has 0 aliphatic heterocycles. The highest BCUT2D eigenvalue weighted by molar-refractivity contribution is 5.15. The molecule has 0 heterocycles. The lowest BCUT2D eigenvalue weighted by atomic mass is 10.1. The van der Waals surface area contributed by atoms with E-state index in [0.717, 1.165) is 32.4 Å². The Bertz CT molecular complexity index is 426. The highest BCUT2D eigenvalue weighted by atomic mass is 14.5. The van der Waals surface area contributed by atoms with Gasteiger partial charge in [-0.1, -0.05) is 60.7 Å². The molecule has 0 amide bonds. The summed E-state index contributed by atoms with van der Waals surface area (Å²) in [4.78, 5) is 0. The molecule has 2 nitrogen and oxygen atoms in total. The maximum Gasteiger partial charge on any atom is -0.00367 e. The average Bonchev–Trinajstić information content (AvgIpc) is 2.51. The van der Waals surface area contributed by atoms with Gasteiger partial charge in [0.2, 0.25) is 0 Å². The van der Waals surface area contributed by atoms with E-state index in [2.05, 4.69) is 36.4 Å². The van der Waals surface area contributed by atoms with Crippen LogP contribution in [-0.4, -0.2) is 13.1 Å². The first kappa shape index (κ1) is 16.4. The summed E-state index contributed by atoms with van der Waals surface area (Å²) in [5.74, 6) is 0. The zero-order chi connectivity index (χ0) is 14.5. The third-order valence-electron chi connectivity index (χ3n) is 3.04. The van der Waals surface area contributed by atoms with Crippen molar-refractivity contribution < 1.29 is 0 Å². The van der Waals surface area contributed by atoms with Crippen LogP contribution in [0.25, 0.3) is 0 Å². The molecule has 0 atom stereocenters. The lowest BCUT2D eigenvalue weighted by molar-refractivity contribution is 0.745. The van der Waals surface area contributed by atoms with E-state index in [0.29, 0.717) is 0 Å². The van der Waals surface area contributed by atoms with Crippen molar-refractivity contribution in [1.29, 1.82) is 0 Å². The molecule has 0 saturated carbocycles. The van der Waals surface area contributed by atoms with Gasteiger partial charge >= 0.3 is 0 Å². The summed E-state index contributed by atoms with van der Waals surface area (Å²) in [6.45, 7) is 1.55. The average molecular weight is 270 g/mol. The van der Waals surface area contributed by atoms with Crippen LogP contribution in [0, 0.1) is 0 Å². The van der Waals surface area contributed by atoms with E-state index < -0.39 is 0 Å². The highest BCUT2D eigenvalue weighted by Gasteiger charge is 1.89. The molecule has 0 aromatic heterocycles. The fraction of sp³-hybridized carbons (Fsp3) is 0.333. The number of aryl methyl sites for hydroxylation is 1. The first-order valence-corrected chi connectivity index (χ1v) is 7.34. The molecule has 0 aliphatic carbocycles. The first-order valence-electron chi connectivity index (χ1n) is 7.34. The quantitative estimate of drug-likeness (QED) is 0.792. The summed E-state index contributed by atoms with van der Waals surface area (Å²) < 4.78 is 0. The zero-order valence-electron chi connectivity index (χ0n) is 12.2. The van der Waals surface area contributed by atoms with E-state index in [1.165, 1.54) is 17.5 Å². The zero-order valence-corrected chi connectivity index (χ0v) is 12.2. The van der Waals surface area contributed by atoms with Crippen LogP contribution in [0.5, 0.6) is 0 Å². The molecule has 0 saturated heterocycles. The molecule has 0 bridgehead atoms. The Balaban J connectivity index is 0.000000204. The van der Waals surface area contributed by atoms with Gasteiger partial charge in [-0.15, -0.1) is 0 Å². The monoisotopic (exact) mass is 270 g/mol. The Hall–Kier alpha value is -1.64. The summed E-state index contributed by atoms with van der Waals surface area (Å²) in [5, 5.41) is 0. The van der Waals surface area contributed by atoms with E-state index in [4.69, 9.17) is 11.5 Å². The molecule has 0 fully saturated rings. The second-order valence-electron chi connectivity index (χ2n) is 4.76. The minimum Gasteiger partial charge on any atom is -0.330 e. The topological polar surface area (TPSA) is 52.0 Å². The van der Waals surface area contributed by atoms with Crippen LogP contribution < -0.4 is 11.5 Å². The van der Waals surface area contributed by atoms with E-state index in [9.17, 15) is 0 Å². The lowest BCUT2D eigenvalue weighted by Gasteiger charge is -1.98. The van der Waals surface area contributed by atoms with Crippen molar-refractivity contribution in [2.45, 2.75) is 25.7 Å². The molecule has 2 aromatic rings. The number of benzene rings is 2. The van der Waals surface area contributed by atoms with Crippen molar-refractivity contribution in [1.82, 2.24) is 0 Å². The molecular weight excluding hydrogens is 244 g/mol. The standard InChI is InChI=1S/C10H15N.C8H11N/c11-9-5-4-8-10-6-2-1-3-7-10;9-7-6-8-4-2-1-3-5-8/h1-3,6-7H,4-5,8-9,11H2;1-5H,6-7,9H2. The van der Waals surface area contributed by atoms with Crippen LogP contribution in [0.15, 0.2) is 60.7 Å². The van der Waals surface area contributed by atoms with Crippen LogP contribution in [-0.2, 0) is 12.8 Å². The molecule has 108 valence electrons. The molecule has 20 heavy (non-hydrogen) atoms. The molecule has 2 aromatic carbocycles. The van der Waals surface area contributed by atoms with Gasteiger partial charge in [-0.2, -0.15) is 0 Å². The fourth-order valence-electron chi connectivity index (χ4n) is 1.93. The summed E-state index contributed by atoms with van der Waals surface area (Å²) in [5.41, 5.74) is 13.5. The Morgan fingerprint density at radius 3 is 1.50 bits per heavy atom. The SMILES string of the molecule is NCCCCc1ccccc1.NCCc1ccccc1. The predicted octanol–water partition coefficient (Wildman–Crippen LogP) is 3.16. The van der Waals surface area contributed by atoms with E-state index in [1.807, 2.05) is 24.3 Å². The summed E-state index contributed by atoms with van der Waals surface area (Å²) in [7, 11) is 0. The number of unbranched alkanes of at least 4 members (excludes halogenated alkanes) is 1. The highest BCUT2D eigenvalue weighted by Crippen LogP contribution is 2.03. The smallest absolute Gasteiger partial charge is 0.00367 e. The largest absolute Gasteiger partial charge is 0.330 e. The minimum absolute atomic E-state index is 0.740. The summed E-state index contributed by atoms with van der Waals surface area (Å²) in [6.07, 6.45) is 4.49. The second-order valence-corrected chi connectivity index (χ2v) is 4.76. The molecule has 0 spiro atoms. The van der Waals surface area contributed by atoms with Crippen molar-refractivity contribution >= 4 is 0 Å². The third-order valence-corrected chi connectivity index (χ3v) is 3.04. The Kier molecular flexibility index (Phi) is 9.20. The molecule has 4 N–H and O–H groups in total. The number of hydrogen-bond donors (Lipinski definition) is 2. The number of rotatable bonds is 6. The predicted molar refractivity (Wildman–Crippen MR) is 87.6 cm³/mol. The van der Waals surface area contributed by atoms with Gasteiger partial charge in [0, 0.05) is 0 Å². The fourth-order valence-corrected chi connectivity index (χ4v) is 1.93. The maximum atomic E-state index is 5.39. The number of hydrogen-bond acceptors (Lipinski definition) is 2. The molecule has 0 unspecified atom stereocenters. The molecule has 2 rings (SSSR count). The molecular formula is C18H26N2. The summed E-state index contributed by atoms with van der Waals surface area (Å²) >= 11 is 0. The van der Waals surface area contributed by atoms with Crippen LogP contribution in [0.4, 0.5) is 0 Å². The summed E-state index contributed by atoms with van der Waals surface area (Å²) in [6, 6.07) is 20.8. The van der Waals surface area contributed by atoms with Crippen molar-refractivity contribution in [3.05, 3.63) is 71.8 Å². The van der Waals surface area contributed by atoms with Gasteiger partial charge < -0.3 is 11.5 Å². The van der Waals surface area contributed by atoms with Gasteiger partial charge in [-0.3, -0.25) is 0 Å². The second kappa shape index (κ2) is 11.2. The van der Waals surface area contributed by atoms with Gasteiger partial charge in [0.15, 0.2) is 0 Å². The Morgan fingerprint density at radius 1 is 0.550 bits per heavy atom. The van der Waals surface area contributed by atoms with Crippen molar-refractivity contribution in [2.75, 3.05) is 13.1 Å². The van der Waals surface area contributed by atoms with Crippen LogP contribution >= 0.6 is 0 Å². The van der Waals surface area contributed by atoms with E-state index in [1.54, 1.807) is 0 Å². The van der Waals surface area contributed by atoms with Gasteiger partial charge in [-0.25, -0.2) is 0 Å². The normalized spacial score (nSPS) is 9.70.